The molecule has 0 aliphatic heterocycles. The second kappa shape index (κ2) is 8.80. The van der Waals surface area contributed by atoms with Crippen LogP contribution in [0.1, 0.15) is 38.3 Å². The highest BCUT2D eigenvalue weighted by Crippen LogP contribution is 2.19. The number of hydrogen-bond acceptors (Lipinski definition) is 3. The monoisotopic (exact) mass is 353 g/mol. The van der Waals surface area contributed by atoms with E-state index in [1.807, 2.05) is 19.1 Å². The standard InChI is InChI=1S/C20H23N3O3/c1-13-7-4-5-8-15(13)20(26)22-12-11-18(24)23-17-10-6-9-16(14(17)2)19(25)21-3/h4-10H,11-12H2,1-3H3,(H,21,25)(H,22,26)(H,23,24). The summed E-state index contributed by atoms with van der Waals surface area (Å²) < 4.78 is 0. The van der Waals surface area contributed by atoms with Crippen LogP contribution < -0.4 is 16.0 Å². The molecule has 2 aromatic rings. The summed E-state index contributed by atoms with van der Waals surface area (Å²) in [7, 11) is 1.56. The highest BCUT2D eigenvalue weighted by molar-refractivity contribution is 5.99. The molecule has 0 heterocycles. The quantitative estimate of drug-likeness (QED) is 0.745. The number of benzene rings is 2. The minimum Gasteiger partial charge on any atom is -0.355 e. The number of anilines is 1. The highest BCUT2D eigenvalue weighted by atomic mass is 16.2. The topological polar surface area (TPSA) is 87.3 Å². The first kappa shape index (κ1) is 19.2. The molecular weight excluding hydrogens is 330 g/mol. The number of carbonyl (C=O) groups excluding carboxylic acids is 3. The molecule has 136 valence electrons. The fourth-order valence-electron chi connectivity index (χ4n) is 2.58. The maximum atomic E-state index is 12.1. The molecule has 2 rings (SSSR count). The van der Waals surface area contributed by atoms with Gasteiger partial charge in [-0.25, -0.2) is 0 Å². The SMILES string of the molecule is CNC(=O)c1cccc(NC(=O)CCNC(=O)c2ccccc2C)c1C. The van der Waals surface area contributed by atoms with Crippen molar-refractivity contribution in [2.75, 3.05) is 18.9 Å². The molecule has 0 unspecified atom stereocenters. The predicted octanol–water partition coefficient (Wildman–Crippen LogP) is 2.42. The summed E-state index contributed by atoms with van der Waals surface area (Å²) in [6.45, 7) is 3.87. The van der Waals surface area contributed by atoms with E-state index in [1.54, 1.807) is 44.3 Å². The molecule has 2 aromatic carbocycles. The first-order chi connectivity index (χ1) is 12.4. The molecule has 6 nitrogen and oxygen atoms in total. The lowest BCUT2D eigenvalue weighted by Gasteiger charge is -2.12. The van der Waals surface area contributed by atoms with Crippen molar-refractivity contribution in [2.45, 2.75) is 20.3 Å². The van der Waals surface area contributed by atoms with E-state index in [2.05, 4.69) is 16.0 Å². The fourth-order valence-corrected chi connectivity index (χ4v) is 2.58. The van der Waals surface area contributed by atoms with Crippen LogP contribution in [0.5, 0.6) is 0 Å². The number of aryl methyl sites for hydroxylation is 1. The number of rotatable bonds is 6. The number of amides is 3. The second-order valence-electron chi connectivity index (χ2n) is 5.93. The van der Waals surface area contributed by atoms with Crippen molar-refractivity contribution in [3.05, 3.63) is 64.7 Å². The van der Waals surface area contributed by atoms with Gasteiger partial charge in [-0.05, 0) is 43.2 Å². The maximum absolute atomic E-state index is 12.1. The van der Waals surface area contributed by atoms with Crippen LogP contribution in [-0.4, -0.2) is 31.3 Å². The smallest absolute Gasteiger partial charge is 0.251 e. The highest BCUT2D eigenvalue weighted by Gasteiger charge is 2.13. The third kappa shape index (κ3) is 4.69. The van der Waals surface area contributed by atoms with Crippen molar-refractivity contribution in [1.29, 1.82) is 0 Å². The third-order valence-corrected chi connectivity index (χ3v) is 4.11. The van der Waals surface area contributed by atoms with Gasteiger partial charge in [0, 0.05) is 36.8 Å². The molecular formula is C20H23N3O3. The minimum absolute atomic E-state index is 0.140. The van der Waals surface area contributed by atoms with Gasteiger partial charge in [-0.1, -0.05) is 24.3 Å². The van der Waals surface area contributed by atoms with Gasteiger partial charge in [-0.3, -0.25) is 14.4 Å². The summed E-state index contributed by atoms with van der Waals surface area (Å²) in [4.78, 5) is 36.1. The maximum Gasteiger partial charge on any atom is 0.251 e. The van der Waals surface area contributed by atoms with E-state index in [4.69, 9.17) is 0 Å². The zero-order valence-electron chi connectivity index (χ0n) is 15.2. The van der Waals surface area contributed by atoms with Gasteiger partial charge in [0.2, 0.25) is 5.91 Å². The van der Waals surface area contributed by atoms with Gasteiger partial charge >= 0.3 is 0 Å². The zero-order chi connectivity index (χ0) is 19.1. The summed E-state index contributed by atoms with van der Waals surface area (Å²) in [5, 5.41) is 8.10. The van der Waals surface area contributed by atoms with Crippen molar-refractivity contribution in [1.82, 2.24) is 10.6 Å². The van der Waals surface area contributed by atoms with E-state index < -0.39 is 0 Å². The molecule has 0 aliphatic rings. The molecule has 6 heteroatoms. The van der Waals surface area contributed by atoms with Gasteiger partial charge < -0.3 is 16.0 Å². The fraction of sp³-hybridized carbons (Fsp3) is 0.250. The van der Waals surface area contributed by atoms with Crippen LogP contribution in [0.2, 0.25) is 0 Å². The summed E-state index contributed by atoms with van der Waals surface area (Å²) in [5.74, 6) is -0.634. The van der Waals surface area contributed by atoms with Crippen molar-refractivity contribution in [2.24, 2.45) is 0 Å². The van der Waals surface area contributed by atoms with Gasteiger partial charge in [0.1, 0.15) is 0 Å². The summed E-state index contributed by atoms with van der Waals surface area (Å²) in [6.07, 6.45) is 0.140. The molecule has 0 aromatic heterocycles. The summed E-state index contributed by atoms with van der Waals surface area (Å²) in [5.41, 5.74) is 3.28. The van der Waals surface area contributed by atoms with Crippen molar-refractivity contribution < 1.29 is 14.4 Å². The molecule has 0 aliphatic carbocycles. The normalized spacial score (nSPS) is 10.1. The van der Waals surface area contributed by atoms with E-state index in [1.165, 1.54) is 0 Å². The summed E-state index contributed by atoms with van der Waals surface area (Å²) in [6, 6.07) is 12.4. The Hall–Kier alpha value is -3.15. The Bertz CT molecular complexity index is 831. The van der Waals surface area contributed by atoms with Crippen LogP contribution in [0.3, 0.4) is 0 Å². The Morgan fingerprint density at radius 2 is 1.58 bits per heavy atom. The minimum atomic E-state index is -0.229. The molecule has 0 saturated heterocycles. The van der Waals surface area contributed by atoms with E-state index in [-0.39, 0.29) is 30.7 Å². The Balaban J connectivity index is 1.91. The van der Waals surface area contributed by atoms with Crippen molar-refractivity contribution in [3.63, 3.8) is 0 Å². The number of nitrogens with one attached hydrogen (secondary N) is 3. The average Bonchev–Trinajstić information content (AvgIpc) is 2.63. The van der Waals surface area contributed by atoms with E-state index >= 15 is 0 Å². The van der Waals surface area contributed by atoms with Crippen molar-refractivity contribution >= 4 is 23.4 Å². The van der Waals surface area contributed by atoms with Gasteiger partial charge in [-0.15, -0.1) is 0 Å². The van der Waals surface area contributed by atoms with Gasteiger partial charge in [0.05, 0.1) is 0 Å². The van der Waals surface area contributed by atoms with Gasteiger partial charge in [0.25, 0.3) is 11.8 Å². The van der Waals surface area contributed by atoms with Crippen LogP contribution in [0.15, 0.2) is 42.5 Å². The Labute approximate surface area is 153 Å². The van der Waals surface area contributed by atoms with Crippen molar-refractivity contribution in [3.8, 4) is 0 Å². The van der Waals surface area contributed by atoms with Crippen LogP contribution in [0.4, 0.5) is 5.69 Å². The Morgan fingerprint density at radius 3 is 2.27 bits per heavy atom. The molecule has 3 amide bonds. The molecule has 0 saturated carbocycles. The molecule has 3 N–H and O–H groups in total. The third-order valence-electron chi connectivity index (χ3n) is 4.11. The van der Waals surface area contributed by atoms with Gasteiger partial charge in [-0.2, -0.15) is 0 Å². The molecule has 0 spiro atoms. The van der Waals surface area contributed by atoms with Gasteiger partial charge in [0.15, 0.2) is 0 Å². The van der Waals surface area contributed by atoms with Crippen LogP contribution in [0.25, 0.3) is 0 Å². The second-order valence-corrected chi connectivity index (χ2v) is 5.93. The summed E-state index contributed by atoms with van der Waals surface area (Å²) >= 11 is 0. The molecule has 0 bridgehead atoms. The van der Waals surface area contributed by atoms with Crippen LogP contribution >= 0.6 is 0 Å². The largest absolute Gasteiger partial charge is 0.355 e. The molecule has 0 radical (unpaired) electrons. The first-order valence-electron chi connectivity index (χ1n) is 8.39. The number of carbonyl (C=O) groups is 3. The number of hydrogen-bond donors (Lipinski definition) is 3. The molecule has 26 heavy (non-hydrogen) atoms. The zero-order valence-corrected chi connectivity index (χ0v) is 15.2. The molecule has 0 atom stereocenters. The lowest BCUT2D eigenvalue weighted by molar-refractivity contribution is -0.116. The predicted molar refractivity (Wildman–Crippen MR) is 101 cm³/mol. The Morgan fingerprint density at radius 1 is 0.885 bits per heavy atom. The van der Waals surface area contributed by atoms with E-state index in [0.29, 0.717) is 22.4 Å². The average molecular weight is 353 g/mol. The van der Waals surface area contributed by atoms with Crippen LogP contribution in [-0.2, 0) is 4.79 Å². The first-order valence-corrected chi connectivity index (χ1v) is 8.39. The lowest BCUT2D eigenvalue weighted by atomic mass is 10.1. The lowest BCUT2D eigenvalue weighted by Crippen LogP contribution is -2.28. The van der Waals surface area contributed by atoms with Crippen LogP contribution in [0, 0.1) is 13.8 Å². The Kier molecular flexibility index (Phi) is 6.49. The van der Waals surface area contributed by atoms with E-state index in [9.17, 15) is 14.4 Å². The molecule has 0 fully saturated rings. The van der Waals surface area contributed by atoms with E-state index in [0.717, 1.165) is 5.56 Å².